The average molecular weight is 220 g/mol. The molecule has 2 heteroatoms. The van der Waals surface area contributed by atoms with Crippen LogP contribution in [0.3, 0.4) is 0 Å². The topological polar surface area (TPSA) is 15.3 Å². The van der Waals surface area contributed by atoms with Crippen molar-refractivity contribution < 1.29 is 0 Å². The molecule has 0 saturated carbocycles. The zero-order chi connectivity index (χ0) is 12.1. The number of nitrogens with one attached hydrogen (secondary N) is 1. The van der Waals surface area contributed by atoms with Crippen molar-refractivity contribution in [3.8, 4) is 0 Å². The van der Waals surface area contributed by atoms with Gasteiger partial charge in [0.15, 0.2) is 0 Å². The van der Waals surface area contributed by atoms with Crippen molar-refractivity contribution in [1.29, 1.82) is 0 Å². The first-order valence-corrected chi connectivity index (χ1v) is 5.99. The summed E-state index contributed by atoms with van der Waals surface area (Å²) < 4.78 is 0. The monoisotopic (exact) mass is 220 g/mol. The fourth-order valence-corrected chi connectivity index (χ4v) is 1.88. The summed E-state index contributed by atoms with van der Waals surface area (Å²) in [6.45, 7) is 8.54. The van der Waals surface area contributed by atoms with Crippen LogP contribution in [0, 0.1) is 13.8 Å². The van der Waals surface area contributed by atoms with Gasteiger partial charge in [-0.05, 0) is 51.2 Å². The first-order chi connectivity index (χ1) is 7.54. The Balaban J connectivity index is 2.87. The molecule has 0 radical (unpaired) electrons. The lowest BCUT2D eigenvalue weighted by Gasteiger charge is -2.23. The SMILES string of the molecule is CCNC(CN(C)C)c1ccc(C)c(C)c1. The van der Waals surface area contributed by atoms with Crippen LogP contribution in [0.15, 0.2) is 18.2 Å². The van der Waals surface area contributed by atoms with E-state index in [-0.39, 0.29) is 0 Å². The molecule has 1 aromatic carbocycles. The summed E-state index contributed by atoms with van der Waals surface area (Å²) in [5.41, 5.74) is 4.13. The fourth-order valence-electron chi connectivity index (χ4n) is 1.88. The van der Waals surface area contributed by atoms with Gasteiger partial charge in [0.05, 0.1) is 0 Å². The zero-order valence-electron chi connectivity index (χ0n) is 11.2. The van der Waals surface area contributed by atoms with Gasteiger partial charge in [-0.1, -0.05) is 25.1 Å². The molecule has 1 rings (SSSR count). The lowest BCUT2D eigenvalue weighted by atomic mass is 10.0. The highest BCUT2D eigenvalue weighted by molar-refractivity contribution is 5.31. The third kappa shape index (κ3) is 3.62. The highest BCUT2D eigenvalue weighted by Crippen LogP contribution is 2.17. The minimum absolute atomic E-state index is 0.430. The molecule has 1 N–H and O–H groups in total. The predicted molar refractivity (Wildman–Crippen MR) is 70.9 cm³/mol. The van der Waals surface area contributed by atoms with Crippen molar-refractivity contribution in [2.75, 3.05) is 27.2 Å². The fraction of sp³-hybridized carbons (Fsp3) is 0.571. The van der Waals surface area contributed by atoms with Crippen molar-refractivity contribution in [3.05, 3.63) is 34.9 Å². The van der Waals surface area contributed by atoms with Crippen LogP contribution in [0.25, 0.3) is 0 Å². The first kappa shape index (κ1) is 13.2. The third-order valence-electron chi connectivity index (χ3n) is 2.93. The van der Waals surface area contributed by atoms with Crippen molar-refractivity contribution in [2.45, 2.75) is 26.8 Å². The highest BCUT2D eigenvalue weighted by atomic mass is 15.1. The minimum Gasteiger partial charge on any atom is -0.309 e. The van der Waals surface area contributed by atoms with Crippen LogP contribution in [0.4, 0.5) is 0 Å². The largest absolute Gasteiger partial charge is 0.309 e. The van der Waals surface area contributed by atoms with Gasteiger partial charge >= 0.3 is 0 Å². The van der Waals surface area contributed by atoms with Crippen molar-refractivity contribution in [1.82, 2.24) is 10.2 Å². The molecule has 1 aromatic rings. The van der Waals surface area contributed by atoms with Crippen molar-refractivity contribution in [3.63, 3.8) is 0 Å². The van der Waals surface area contributed by atoms with E-state index in [1.807, 2.05) is 0 Å². The van der Waals surface area contributed by atoms with Gasteiger partial charge in [-0.15, -0.1) is 0 Å². The molecule has 0 bridgehead atoms. The molecule has 0 fully saturated rings. The third-order valence-corrected chi connectivity index (χ3v) is 2.93. The van der Waals surface area contributed by atoms with Crippen molar-refractivity contribution in [2.24, 2.45) is 0 Å². The van der Waals surface area contributed by atoms with E-state index in [1.165, 1.54) is 16.7 Å². The van der Waals surface area contributed by atoms with Gasteiger partial charge in [0.25, 0.3) is 0 Å². The van der Waals surface area contributed by atoms with Crippen molar-refractivity contribution >= 4 is 0 Å². The van der Waals surface area contributed by atoms with Crippen LogP contribution >= 0.6 is 0 Å². The van der Waals surface area contributed by atoms with Crippen LogP contribution < -0.4 is 5.32 Å². The van der Waals surface area contributed by atoms with E-state index in [9.17, 15) is 0 Å². The molecule has 0 aliphatic rings. The molecule has 0 aliphatic carbocycles. The molecule has 0 amide bonds. The van der Waals surface area contributed by atoms with Crippen LogP contribution in [-0.4, -0.2) is 32.1 Å². The smallest absolute Gasteiger partial charge is 0.0449 e. The summed E-state index contributed by atoms with van der Waals surface area (Å²) in [5, 5.41) is 3.54. The van der Waals surface area contributed by atoms with E-state index in [4.69, 9.17) is 0 Å². The Hall–Kier alpha value is -0.860. The van der Waals surface area contributed by atoms with Gasteiger partial charge in [-0.3, -0.25) is 0 Å². The summed E-state index contributed by atoms with van der Waals surface area (Å²) in [6, 6.07) is 7.18. The van der Waals surface area contributed by atoms with E-state index < -0.39 is 0 Å². The maximum Gasteiger partial charge on any atom is 0.0449 e. The number of benzene rings is 1. The second-order valence-corrected chi connectivity index (χ2v) is 4.72. The molecule has 16 heavy (non-hydrogen) atoms. The predicted octanol–water partition coefficient (Wildman–Crippen LogP) is 2.52. The molecule has 0 heterocycles. The number of hydrogen-bond donors (Lipinski definition) is 1. The van der Waals surface area contributed by atoms with Gasteiger partial charge in [-0.2, -0.15) is 0 Å². The lowest BCUT2D eigenvalue weighted by molar-refractivity contribution is 0.345. The molecule has 1 atom stereocenters. The standard InChI is InChI=1S/C14H24N2/c1-6-15-14(10-16(4)5)13-8-7-11(2)12(3)9-13/h7-9,14-15H,6,10H2,1-5H3. The summed E-state index contributed by atoms with van der Waals surface area (Å²) in [5.74, 6) is 0. The number of likely N-dealkylation sites (N-methyl/N-ethyl adjacent to an activating group) is 2. The van der Waals surface area contributed by atoms with Crippen LogP contribution in [-0.2, 0) is 0 Å². The number of aryl methyl sites for hydroxylation is 2. The molecular weight excluding hydrogens is 196 g/mol. The molecule has 1 unspecified atom stereocenters. The van der Waals surface area contributed by atoms with Crippen LogP contribution in [0.5, 0.6) is 0 Å². The lowest BCUT2D eigenvalue weighted by Crippen LogP contribution is -2.31. The first-order valence-electron chi connectivity index (χ1n) is 5.99. The second kappa shape index (κ2) is 6.02. The average Bonchev–Trinajstić information content (AvgIpc) is 2.21. The van der Waals surface area contributed by atoms with Gasteiger partial charge in [-0.25, -0.2) is 0 Å². The Morgan fingerprint density at radius 3 is 2.38 bits per heavy atom. The number of hydrogen-bond acceptors (Lipinski definition) is 2. The van der Waals surface area contributed by atoms with E-state index >= 15 is 0 Å². The minimum atomic E-state index is 0.430. The zero-order valence-corrected chi connectivity index (χ0v) is 11.2. The van der Waals surface area contributed by atoms with Crippen LogP contribution in [0.2, 0.25) is 0 Å². The summed E-state index contributed by atoms with van der Waals surface area (Å²) in [4.78, 5) is 2.22. The van der Waals surface area contributed by atoms with E-state index in [2.05, 4.69) is 63.3 Å². The van der Waals surface area contributed by atoms with Crippen LogP contribution in [0.1, 0.15) is 29.7 Å². The molecule has 0 saturated heterocycles. The quantitative estimate of drug-likeness (QED) is 0.820. The Morgan fingerprint density at radius 1 is 1.19 bits per heavy atom. The summed E-state index contributed by atoms with van der Waals surface area (Å²) in [7, 11) is 4.23. The summed E-state index contributed by atoms with van der Waals surface area (Å²) >= 11 is 0. The van der Waals surface area contributed by atoms with Gasteiger partial charge < -0.3 is 10.2 Å². The van der Waals surface area contributed by atoms with E-state index in [1.54, 1.807) is 0 Å². The summed E-state index contributed by atoms with van der Waals surface area (Å²) in [6.07, 6.45) is 0. The number of rotatable bonds is 5. The Labute approximate surface area is 99.7 Å². The molecule has 0 aromatic heterocycles. The molecule has 2 nitrogen and oxygen atoms in total. The highest BCUT2D eigenvalue weighted by Gasteiger charge is 2.11. The second-order valence-electron chi connectivity index (χ2n) is 4.72. The maximum atomic E-state index is 3.54. The molecular formula is C14H24N2. The Kier molecular flexibility index (Phi) is 4.97. The van der Waals surface area contributed by atoms with E-state index in [0.29, 0.717) is 6.04 Å². The maximum absolute atomic E-state index is 3.54. The van der Waals surface area contributed by atoms with Gasteiger partial charge in [0, 0.05) is 12.6 Å². The van der Waals surface area contributed by atoms with Gasteiger partial charge in [0.1, 0.15) is 0 Å². The molecule has 0 spiro atoms. The molecule has 0 aliphatic heterocycles. The Bertz CT molecular complexity index is 332. The van der Waals surface area contributed by atoms with Gasteiger partial charge in [0.2, 0.25) is 0 Å². The molecule has 90 valence electrons. The number of nitrogens with zero attached hydrogens (tertiary/aromatic N) is 1. The Morgan fingerprint density at radius 2 is 1.88 bits per heavy atom. The normalized spacial score (nSPS) is 13.1. The van der Waals surface area contributed by atoms with E-state index in [0.717, 1.165) is 13.1 Å².